The largest absolute Gasteiger partial charge is 0.490 e. The maximum atomic E-state index is 12.2. The van der Waals surface area contributed by atoms with E-state index in [-0.39, 0.29) is 12.5 Å². The number of hydrazone groups is 1. The Morgan fingerprint density at radius 1 is 0.967 bits per heavy atom. The summed E-state index contributed by atoms with van der Waals surface area (Å²) in [5, 5.41) is 7.05. The molecule has 6 nitrogen and oxygen atoms in total. The van der Waals surface area contributed by atoms with E-state index in [1.165, 1.54) is 0 Å². The van der Waals surface area contributed by atoms with E-state index in [4.69, 9.17) is 9.47 Å². The third-order valence-corrected chi connectivity index (χ3v) is 4.64. The molecule has 0 fully saturated rings. The molecule has 3 aromatic rings. The van der Waals surface area contributed by atoms with Crippen LogP contribution in [-0.2, 0) is 4.79 Å². The lowest BCUT2D eigenvalue weighted by Crippen LogP contribution is -2.20. The highest BCUT2D eigenvalue weighted by molar-refractivity contribution is 9.10. The van der Waals surface area contributed by atoms with Crippen molar-refractivity contribution >= 4 is 39.4 Å². The number of nitrogens with zero attached hydrogens (tertiary/aromatic N) is 1. The molecule has 0 saturated carbocycles. The Hall–Kier alpha value is -3.32. The van der Waals surface area contributed by atoms with Crippen LogP contribution in [0.1, 0.15) is 12.5 Å². The zero-order valence-corrected chi connectivity index (χ0v) is 18.1. The van der Waals surface area contributed by atoms with Crippen molar-refractivity contribution in [3.05, 3.63) is 82.8 Å². The van der Waals surface area contributed by atoms with Crippen molar-refractivity contribution in [2.45, 2.75) is 6.92 Å². The number of hydrogen-bond acceptors (Lipinski definition) is 5. The van der Waals surface area contributed by atoms with Gasteiger partial charge in [0.15, 0.2) is 18.1 Å². The van der Waals surface area contributed by atoms with Crippen LogP contribution in [0.3, 0.4) is 0 Å². The molecule has 0 atom stereocenters. The zero-order chi connectivity index (χ0) is 21.2. The van der Waals surface area contributed by atoms with Gasteiger partial charge in [0.2, 0.25) is 0 Å². The molecule has 7 heteroatoms. The van der Waals surface area contributed by atoms with E-state index in [0.29, 0.717) is 18.1 Å². The van der Waals surface area contributed by atoms with Crippen LogP contribution in [0.4, 0.5) is 11.4 Å². The number of carbonyl (C=O) groups is 1. The first-order valence-electron chi connectivity index (χ1n) is 9.44. The molecule has 0 aromatic heterocycles. The fraction of sp³-hybridized carbons (Fsp3) is 0.130. The van der Waals surface area contributed by atoms with Gasteiger partial charge in [-0.25, -0.2) is 0 Å². The van der Waals surface area contributed by atoms with Crippen molar-refractivity contribution in [3.63, 3.8) is 0 Å². The fourth-order valence-electron chi connectivity index (χ4n) is 2.58. The van der Waals surface area contributed by atoms with Gasteiger partial charge in [-0.1, -0.05) is 36.4 Å². The Morgan fingerprint density at radius 2 is 1.60 bits per heavy atom. The average Bonchev–Trinajstić information content (AvgIpc) is 2.76. The van der Waals surface area contributed by atoms with Gasteiger partial charge in [0.05, 0.1) is 18.5 Å². The molecule has 154 valence electrons. The predicted octanol–water partition coefficient (Wildman–Crippen LogP) is 5.31. The van der Waals surface area contributed by atoms with Crippen LogP contribution >= 0.6 is 15.9 Å². The molecule has 1 amide bonds. The second kappa shape index (κ2) is 11.0. The van der Waals surface area contributed by atoms with E-state index in [1.54, 1.807) is 12.3 Å². The lowest BCUT2D eigenvalue weighted by molar-refractivity contribution is -0.118. The van der Waals surface area contributed by atoms with E-state index >= 15 is 0 Å². The summed E-state index contributed by atoms with van der Waals surface area (Å²) < 4.78 is 12.2. The second-order valence-corrected chi connectivity index (χ2v) is 7.05. The summed E-state index contributed by atoms with van der Waals surface area (Å²) in [7, 11) is 0. The topological polar surface area (TPSA) is 71.9 Å². The number of halogens is 1. The highest BCUT2D eigenvalue weighted by atomic mass is 79.9. The van der Waals surface area contributed by atoms with Crippen molar-refractivity contribution in [2.24, 2.45) is 5.10 Å². The number of ether oxygens (including phenoxy) is 2. The smallest absolute Gasteiger partial charge is 0.262 e. The second-order valence-electron chi connectivity index (χ2n) is 6.19. The predicted molar refractivity (Wildman–Crippen MR) is 124 cm³/mol. The maximum absolute atomic E-state index is 12.2. The Bertz CT molecular complexity index is 995. The highest BCUT2D eigenvalue weighted by Crippen LogP contribution is 2.33. The van der Waals surface area contributed by atoms with Crippen molar-refractivity contribution in [1.29, 1.82) is 0 Å². The molecule has 2 N–H and O–H groups in total. The lowest BCUT2D eigenvalue weighted by Gasteiger charge is -2.14. The Morgan fingerprint density at radius 3 is 2.27 bits per heavy atom. The first-order chi connectivity index (χ1) is 14.7. The van der Waals surface area contributed by atoms with Gasteiger partial charge in [-0.05, 0) is 59.3 Å². The fourth-order valence-corrected chi connectivity index (χ4v) is 3.01. The normalized spacial score (nSPS) is 10.6. The first-order valence-corrected chi connectivity index (χ1v) is 10.2. The van der Waals surface area contributed by atoms with E-state index in [9.17, 15) is 4.79 Å². The summed E-state index contributed by atoms with van der Waals surface area (Å²) in [6.45, 7) is 2.22. The lowest BCUT2D eigenvalue weighted by atomic mass is 10.2. The molecule has 0 radical (unpaired) electrons. The van der Waals surface area contributed by atoms with Gasteiger partial charge in [-0.2, -0.15) is 5.10 Å². The van der Waals surface area contributed by atoms with E-state index in [1.807, 2.05) is 73.7 Å². The van der Waals surface area contributed by atoms with E-state index in [0.717, 1.165) is 21.4 Å². The summed E-state index contributed by atoms with van der Waals surface area (Å²) in [4.78, 5) is 12.2. The third-order valence-electron chi connectivity index (χ3n) is 3.95. The van der Waals surface area contributed by atoms with Gasteiger partial charge in [0, 0.05) is 15.7 Å². The summed E-state index contributed by atoms with van der Waals surface area (Å²) in [5.74, 6) is 0.756. The Kier molecular flexibility index (Phi) is 7.86. The van der Waals surface area contributed by atoms with Crippen LogP contribution in [0.25, 0.3) is 0 Å². The van der Waals surface area contributed by atoms with Gasteiger partial charge in [-0.15, -0.1) is 0 Å². The monoisotopic (exact) mass is 467 g/mol. The standard InChI is InChI=1S/C23H22BrN3O3/c1-2-29-21-13-17(15-25-27-19-11-7-4-8-12-19)20(24)14-22(21)30-16-23(28)26-18-9-5-3-6-10-18/h3-15,27H,2,16H2,1H3,(H,26,28). The van der Waals surface area contributed by atoms with E-state index < -0.39 is 0 Å². The van der Waals surface area contributed by atoms with Crippen molar-refractivity contribution in [1.82, 2.24) is 0 Å². The minimum absolute atomic E-state index is 0.135. The minimum atomic E-state index is -0.252. The first kappa shape index (κ1) is 21.4. The molecule has 0 aliphatic carbocycles. The Balaban J connectivity index is 1.67. The zero-order valence-electron chi connectivity index (χ0n) is 16.5. The summed E-state index contributed by atoms with van der Waals surface area (Å²) in [5.41, 5.74) is 5.39. The van der Waals surface area contributed by atoms with Crippen LogP contribution in [0, 0.1) is 0 Å². The van der Waals surface area contributed by atoms with Crippen LogP contribution < -0.4 is 20.2 Å². The summed E-state index contributed by atoms with van der Waals surface area (Å²) in [6.07, 6.45) is 1.69. The molecular formula is C23H22BrN3O3. The number of carbonyl (C=O) groups excluding carboxylic acids is 1. The van der Waals surface area contributed by atoms with Gasteiger partial charge in [0.1, 0.15) is 0 Å². The average molecular weight is 468 g/mol. The number of rotatable bonds is 9. The van der Waals surface area contributed by atoms with Gasteiger partial charge in [0.25, 0.3) is 5.91 Å². The molecule has 30 heavy (non-hydrogen) atoms. The number of hydrogen-bond donors (Lipinski definition) is 2. The molecule has 0 aliphatic heterocycles. The number of para-hydroxylation sites is 2. The SMILES string of the molecule is CCOc1cc(C=NNc2ccccc2)c(Br)cc1OCC(=O)Nc1ccccc1. The number of amides is 1. The molecule has 3 rings (SSSR count). The molecule has 0 unspecified atom stereocenters. The van der Waals surface area contributed by atoms with Crippen molar-refractivity contribution in [3.8, 4) is 11.5 Å². The van der Waals surface area contributed by atoms with Crippen LogP contribution in [0.15, 0.2) is 82.4 Å². The molecule has 0 spiro atoms. The number of anilines is 2. The summed E-state index contributed by atoms with van der Waals surface area (Å²) in [6, 6.07) is 22.5. The third kappa shape index (κ3) is 6.35. The minimum Gasteiger partial charge on any atom is -0.490 e. The Labute approximate surface area is 184 Å². The van der Waals surface area contributed by atoms with Gasteiger partial charge < -0.3 is 14.8 Å². The van der Waals surface area contributed by atoms with Gasteiger partial charge in [-0.3, -0.25) is 10.2 Å². The molecular weight excluding hydrogens is 446 g/mol. The van der Waals surface area contributed by atoms with E-state index in [2.05, 4.69) is 31.8 Å². The van der Waals surface area contributed by atoms with Crippen LogP contribution in [0.2, 0.25) is 0 Å². The molecule has 3 aromatic carbocycles. The van der Waals surface area contributed by atoms with Crippen LogP contribution in [0.5, 0.6) is 11.5 Å². The van der Waals surface area contributed by atoms with Crippen molar-refractivity contribution < 1.29 is 14.3 Å². The molecule has 0 bridgehead atoms. The molecule has 0 aliphatic rings. The van der Waals surface area contributed by atoms with Crippen molar-refractivity contribution in [2.75, 3.05) is 24.0 Å². The summed E-state index contributed by atoms with van der Waals surface area (Å²) >= 11 is 3.52. The van der Waals surface area contributed by atoms with Gasteiger partial charge >= 0.3 is 0 Å². The van der Waals surface area contributed by atoms with Crippen LogP contribution in [-0.4, -0.2) is 25.3 Å². The maximum Gasteiger partial charge on any atom is 0.262 e. The quantitative estimate of drug-likeness (QED) is 0.330. The number of nitrogens with one attached hydrogen (secondary N) is 2. The molecule has 0 heterocycles. The molecule has 0 saturated heterocycles. The number of benzene rings is 3. The highest BCUT2D eigenvalue weighted by Gasteiger charge is 2.12.